The van der Waals surface area contributed by atoms with E-state index < -0.39 is 0 Å². The zero-order valence-electron chi connectivity index (χ0n) is 13.0. The molecule has 1 aromatic carbocycles. The lowest BCUT2D eigenvalue weighted by atomic mass is 10.1. The van der Waals surface area contributed by atoms with E-state index in [9.17, 15) is 0 Å². The van der Waals surface area contributed by atoms with Crippen LogP contribution < -0.4 is 0 Å². The smallest absolute Gasteiger partial charge is 0.111 e. The first kappa shape index (κ1) is 13.2. The average Bonchev–Trinajstić information content (AvgIpc) is 3.14. The van der Waals surface area contributed by atoms with Crippen LogP contribution in [0.2, 0.25) is 0 Å². The van der Waals surface area contributed by atoms with E-state index in [0.717, 1.165) is 36.3 Å². The van der Waals surface area contributed by atoms with E-state index in [1.165, 1.54) is 30.7 Å². The summed E-state index contributed by atoms with van der Waals surface area (Å²) in [4.78, 5) is 16.1. The SMILES string of the molecule is c1cnc(-c2ccc3c(c2)nc2n3CCN3CCC[C@H]3C2)cn1. The fraction of sp³-hybridized carbons (Fsp3) is 0.389. The third kappa shape index (κ3) is 2.15. The topological polar surface area (TPSA) is 46.8 Å². The van der Waals surface area contributed by atoms with Gasteiger partial charge in [0.05, 0.1) is 22.9 Å². The molecule has 1 saturated heterocycles. The predicted octanol–water partition coefficient (Wildman–Crippen LogP) is 2.51. The van der Waals surface area contributed by atoms with Crippen LogP contribution in [0.5, 0.6) is 0 Å². The Kier molecular flexibility index (Phi) is 2.94. The molecule has 4 heterocycles. The highest BCUT2D eigenvalue weighted by Crippen LogP contribution is 2.28. The monoisotopic (exact) mass is 305 g/mol. The molecule has 1 atom stereocenters. The molecule has 0 bridgehead atoms. The maximum absolute atomic E-state index is 4.95. The largest absolute Gasteiger partial charge is 0.327 e. The molecule has 5 nitrogen and oxygen atoms in total. The third-order valence-corrected chi connectivity index (χ3v) is 5.21. The fourth-order valence-electron chi connectivity index (χ4n) is 4.05. The van der Waals surface area contributed by atoms with Gasteiger partial charge in [0.2, 0.25) is 0 Å². The van der Waals surface area contributed by atoms with Gasteiger partial charge in [-0.3, -0.25) is 14.9 Å². The minimum Gasteiger partial charge on any atom is -0.327 e. The number of hydrogen-bond donors (Lipinski definition) is 0. The van der Waals surface area contributed by atoms with Gasteiger partial charge >= 0.3 is 0 Å². The number of aromatic nitrogens is 4. The lowest BCUT2D eigenvalue weighted by Crippen LogP contribution is -2.30. The van der Waals surface area contributed by atoms with E-state index in [2.05, 4.69) is 37.6 Å². The first-order valence-electron chi connectivity index (χ1n) is 8.38. The van der Waals surface area contributed by atoms with Crippen LogP contribution in [0.1, 0.15) is 18.7 Å². The van der Waals surface area contributed by atoms with Crippen molar-refractivity contribution in [3.05, 3.63) is 42.6 Å². The molecule has 116 valence electrons. The van der Waals surface area contributed by atoms with Crippen molar-refractivity contribution >= 4 is 11.0 Å². The molecule has 0 radical (unpaired) electrons. The molecule has 23 heavy (non-hydrogen) atoms. The van der Waals surface area contributed by atoms with Crippen LogP contribution in [0.25, 0.3) is 22.3 Å². The average molecular weight is 305 g/mol. The molecule has 1 fully saturated rings. The third-order valence-electron chi connectivity index (χ3n) is 5.21. The summed E-state index contributed by atoms with van der Waals surface area (Å²) in [6.07, 6.45) is 8.97. The number of benzene rings is 1. The molecule has 2 aliphatic heterocycles. The fourth-order valence-corrected chi connectivity index (χ4v) is 4.05. The normalized spacial score (nSPS) is 21.1. The zero-order chi connectivity index (χ0) is 15.2. The summed E-state index contributed by atoms with van der Waals surface area (Å²) in [5.74, 6) is 1.24. The van der Waals surface area contributed by atoms with Crippen molar-refractivity contribution in [1.29, 1.82) is 0 Å². The molecule has 0 saturated carbocycles. The Labute approximate surface area is 135 Å². The van der Waals surface area contributed by atoms with Crippen LogP contribution >= 0.6 is 0 Å². The maximum Gasteiger partial charge on any atom is 0.111 e. The lowest BCUT2D eigenvalue weighted by molar-refractivity contribution is 0.258. The summed E-state index contributed by atoms with van der Waals surface area (Å²) in [6.45, 7) is 3.45. The predicted molar refractivity (Wildman–Crippen MR) is 89.1 cm³/mol. The van der Waals surface area contributed by atoms with Crippen LogP contribution in [0.3, 0.4) is 0 Å². The van der Waals surface area contributed by atoms with Gasteiger partial charge in [-0.1, -0.05) is 6.07 Å². The van der Waals surface area contributed by atoms with E-state index in [1.807, 2.05) is 0 Å². The molecular weight excluding hydrogens is 286 g/mol. The Hall–Kier alpha value is -2.27. The first-order valence-corrected chi connectivity index (χ1v) is 8.38. The molecular formula is C18H19N5. The van der Waals surface area contributed by atoms with Crippen molar-refractivity contribution in [3.8, 4) is 11.3 Å². The summed E-state index contributed by atoms with van der Waals surface area (Å²) in [5.41, 5.74) is 4.31. The molecule has 0 N–H and O–H groups in total. The molecule has 2 aliphatic rings. The van der Waals surface area contributed by atoms with E-state index in [1.54, 1.807) is 18.6 Å². The van der Waals surface area contributed by atoms with E-state index in [0.29, 0.717) is 6.04 Å². The number of fused-ring (bicyclic) bond motifs is 4. The van der Waals surface area contributed by atoms with E-state index >= 15 is 0 Å². The molecule has 3 aromatic rings. The van der Waals surface area contributed by atoms with Gasteiger partial charge in [-0.05, 0) is 31.5 Å². The van der Waals surface area contributed by atoms with Gasteiger partial charge in [0, 0.05) is 43.5 Å². The van der Waals surface area contributed by atoms with Crippen molar-refractivity contribution in [3.63, 3.8) is 0 Å². The Morgan fingerprint density at radius 2 is 2.09 bits per heavy atom. The van der Waals surface area contributed by atoms with Crippen molar-refractivity contribution in [2.24, 2.45) is 0 Å². The van der Waals surface area contributed by atoms with Gasteiger partial charge < -0.3 is 4.57 Å². The van der Waals surface area contributed by atoms with Gasteiger partial charge in [-0.15, -0.1) is 0 Å². The van der Waals surface area contributed by atoms with E-state index in [-0.39, 0.29) is 0 Å². The van der Waals surface area contributed by atoms with Crippen molar-refractivity contribution in [2.75, 3.05) is 13.1 Å². The van der Waals surface area contributed by atoms with E-state index in [4.69, 9.17) is 4.98 Å². The Bertz CT molecular complexity index is 854. The quantitative estimate of drug-likeness (QED) is 0.693. The Balaban J connectivity index is 1.58. The summed E-state index contributed by atoms with van der Waals surface area (Å²) in [7, 11) is 0. The summed E-state index contributed by atoms with van der Waals surface area (Å²) in [6, 6.07) is 7.15. The highest BCUT2D eigenvalue weighted by atomic mass is 15.2. The van der Waals surface area contributed by atoms with Gasteiger partial charge in [-0.25, -0.2) is 4.98 Å². The maximum atomic E-state index is 4.95. The second-order valence-corrected chi connectivity index (χ2v) is 6.51. The Morgan fingerprint density at radius 1 is 1.09 bits per heavy atom. The number of imidazole rings is 1. The summed E-state index contributed by atoms with van der Waals surface area (Å²) >= 11 is 0. The highest BCUT2D eigenvalue weighted by molar-refractivity contribution is 5.81. The zero-order valence-corrected chi connectivity index (χ0v) is 13.0. The van der Waals surface area contributed by atoms with Crippen LogP contribution in [-0.4, -0.2) is 43.6 Å². The van der Waals surface area contributed by atoms with Crippen LogP contribution in [0.15, 0.2) is 36.8 Å². The van der Waals surface area contributed by atoms with Crippen LogP contribution in [0, 0.1) is 0 Å². The van der Waals surface area contributed by atoms with Gasteiger partial charge in [0.25, 0.3) is 0 Å². The molecule has 0 spiro atoms. The Morgan fingerprint density at radius 3 is 3.00 bits per heavy atom. The second-order valence-electron chi connectivity index (χ2n) is 6.51. The molecule has 5 rings (SSSR count). The highest BCUT2D eigenvalue weighted by Gasteiger charge is 2.29. The van der Waals surface area contributed by atoms with Crippen molar-refractivity contribution in [1.82, 2.24) is 24.4 Å². The van der Waals surface area contributed by atoms with Gasteiger partial charge in [0.15, 0.2) is 0 Å². The summed E-state index contributed by atoms with van der Waals surface area (Å²) in [5, 5.41) is 0. The molecule has 5 heteroatoms. The van der Waals surface area contributed by atoms with Crippen molar-refractivity contribution in [2.45, 2.75) is 31.8 Å². The van der Waals surface area contributed by atoms with Crippen LogP contribution in [0.4, 0.5) is 0 Å². The minimum absolute atomic E-state index is 0.688. The first-order chi connectivity index (χ1) is 11.4. The number of rotatable bonds is 1. The standard InChI is InChI=1S/C18H19N5/c1-2-14-11-18-21-15-10-13(16-12-19-5-6-20-16)3-4-17(15)23(18)9-8-22(14)7-1/h3-6,10,12,14H,1-2,7-9,11H2/t14-/m0/s1. The second kappa shape index (κ2) is 5.13. The molecule has 0 amide bonds. The number of nitrogens with zero attached hydrogens (tertiary/aromatic N) is 5. The molecule has 0 aliphatic carbocycles. The number of hydrogen-bond acceptors (Lipinski definition) is 4. The van der Waals surface area contributed by atoms with Crippen LogP contribution in [-0.2, 0) is 13.0 Å². The molecule has 0 unspecified atom stereocenters. The van der Waals surface area contributed by atoms with Crippen molar-refractivity contribution < 1.29 is 0 Å². The molecule has 2 aromatic heterocycles. The minimum atomic E-state index is 0.688. The summed E-state index contributed by atoms with van der Waals surface area (Å²) < 4.78 is 2.41. The van der Waals surface area contributed by atoms with Gasteiger partial charge in [0.1, 0.15) is 5.82 Å². The van der Waals surface area contributed by atoms with Gasteiger partial charge in [-0.2, -0.15) is 0 Å². The lowest BCUT2D eigenvalue weighted by Gasteiger charge is -2.20.